The number of rotatable bonds is 8. The first-order valence-electron chi connectivity index (χ1n) is 20.5. The fraction of sp³-hybridized carbons (Fsp3) is 0.591. The molecule has 4 heterocycles. The van der Waals surface area contributed by atoms with Crippen molar-refractivity contribution in [2.45, 2.75) is 143 Å². The van der Waals surface area contributed by atoms with Gasteiger partial charge in [0.25, 0.3) is 0 Å². The van der Waals surface area contributed by atoms with Gasteiger partial charge in [0.2, 0.25) is 5.91 Å². The van der Waals surface area contributed by atoms with Crippen LogP contribution in [0.1, 0.15) is 111 Å². The van der Waals surface area contributed by atoms with Crippen molar-refractivity contribution >= 4 is 50.9 Å². The number of alkyl carbamates (subject to hydrolysis) is 1. The maximum absolute atomic E-state index is 14.9. The Hall–Kier alpha value is -4.32. The molecule has 0 spiro atoms. The predicted octanol–water partition coefficient (Wildman–Crippen LogP) is 8.58. The average molecular weight is 784 g/mol. The van der Waals surface area contributed by atoms with Crippen LogP contribution in [0.4, 0.5) is 9.93 Å². The molecule has 1 saturated heterocycles. The number of carbonyl (C=O) groups is 4. The number of hydrogen-bond donors (Lipinski definition) is 2. The van der Waals surface area contributed by atoms with Crippen molar-refractivity contribution in [3.05, 3.63) is 47.4 Å². The molecule has 2 saturated carbocycles. The van der Waals surface area contributed by atoms with Crippen LogP contribution in [0.25, 0.3) is 22.3 Å². The van der Waals surface area contributed by atoms with Gasteiger partial charge in [-0.25, -0.2) is 14.8 Å². The number of anilines is 1. The quantitative estimate of drug-likeness (QED) is 0.215. The van der Waals surface area contributed by atoms with Crippen molar-refractivity contribution in [3.63, 3.8) is 0 Å². The third-order valence-electron chi connectivity index (χ3n) is 12.4. The van der Waals surface area contributed by atoms with E-state index in [0.29, 0.717) is 24.3 Å². The highest BCUT2D eigenvalue weighted by molar-refractivity contribution is 7.14. The molecule has 3 fully saturated rings. The summed E-state index contributed by atoms with van der Waals surface area (Å²) in [6.07, 6.45) is 11.0. The van der Waals surface area contributed by atoms with Gasteiger partial charge in [-0.05, 0) is 103 Å². The molecule has 2 aliphatic heterocycles. The zero-order chi connectivity index (χ0) is 39.8. The molecule has 2 aliphatic carbocycles. The first-order chi connectivity index (χ1) is 26.7. The smallest absolute Gasteiger partial charge is 0.408 e. The van der Waals surface area contributed by atoms with Crippen molar-refractivity contribution in [2.75, 3.05) is 11.9 Å². The highest BCUT2D eigenvalue weighted by Crippen LogP contribution is 2.58. The van der Waals surface area contributed by atoms with E-state index >= 15 is 0 Å². The second-order valence-corrected chi connectivity index (χ2v) is 18.3. The van der Waals surface area contributed by atoms with Crippen LogP contribution in [0.2, 0.25) is 0 Å². The normalized spacial score (nSPS) is 27.6. The Bertz CT molecular complexity index is 2000. The van der Waals surface area contributed by atoms with Crippen LogP contribution < -0.4 is 15.4 Å². The number of nitrogens with zero attached hydrogens (tertiary/aromatic N) is 3. The topological polar surface area (TPSA) is 140 Å². The highest BCUT2D eigenvalue weighted by atomic mass is 32.1. The number of hydrogen-bond acceptors (Lipinski definition) is 10. The molecule has 5 atom stereocenters. The van der Waals surface area contributed by atoms with Gasteiger partial charge >= 0.3 is 6.09 Å². The van der Waals surface area contributed by atoms with E-state index in [-0.39, 0.29) is 48.5 Å². The summed E-state index contributed by atoms with van der Waals surface area (Å²) in [6.45, 7) is 11.8. The van der Waals surface area contributed by atoms with Gasteiger partial charge in [0, 0.05) is 40.1 Å². The number of nitrogens with one attached hydrogen (secondary N) is 2. The largest absolute Gasteiger partial charge is 0.487 e. The van der Waals surface area contributed by atoms with Gasteiger partial charge in [-0.2, -0.15) is 0 Å². The number of ether oxygens (including phenoxy) is 2. The zero-order valence-corrected chi connectivity index (χ0v) is 34.5. The van der Waals surface area contributed by atoms with E-state index in [1.807, 2.05) is 50.4 Å². The van der Waals surface area contributed by atoms with Crippen LogP contribution in [0.15, 0.2) is 41.8 Å². The van der Waals surface area contributed by atoms with Gasteiger partial charge in [-0.1, -0.05) is 44.9 Å². The Morgan fingerprint density at radius 1 is 1.00 bits per heavy atom. The zero-order valence-electron chi connectivity index (χ0n) is 33.7. The fourth-order valence-electron chi connectivity index (χ4n) is 9.05. The number of pyridine rings is 1. The Morgan fingerprint density at radius 3 is 2.52 bits per heavy atom. The molecular weight excluding hydrogens is 727 g/mol. The molecule has 56 heavy (non-hydrogen) atoms. The van der Waals surface area contributed by atoms with Crippen molar-refractivity contribution in [2.24, 2.45) is 16.7 Å². The average Bonchev–Trinajstić information content (AvgIpc) is 3.46. The summed E-state index contributed by atoms with van der Waals surface area (Å²) in [5.74, 6) is 0.0967. The number of amides is 2. The number of allylic oxidation sites excluding steroid dienone is 2. The van der Waals surface area contributed by atoms with Gasteiger partial charge in [0.05, 0.1) is 23.8 Å². The monoisotopic (exact) mass is 783 g/mol. The predicted molar refractivity (Wildman–Crippen MR) is 219 cm³/mol. The van der Waals surface area contributed by atoms with Crippen molar-refractivity contribution in [1.29, 1.82) is 0 Å². The number of Topliss-reactive ketones (excluding diaryl/α,β-unsaturated/α-hetero) is 2. The summed E-state index contributed by atoms with van der Waals surface area (Å²) >= 11 is 1.51. The van der Waals surface area contributed by atoms with Crippen molar-refractivity contribution < 1.29 is 28.7 Å². The minimum atomic E-state index is -0.889. The molecule has 12 heteroatoms. The van der Waals surface area contributed by atoms with Crippen LogP contribution in [0.3, 0.4) is 0 Å². The lowest BCUT2D eigenvalue weighted by molar-refractivity contribution is -0.142. The fourth-order valence-corrected chi connectivity index (χ4v) is 9.90. The van der Waals surface area contributed by atoms with E-state index < -0.39 is 35.1 Å². The van der Waals surface area contributed by atoms with Gasteiger partial charge in [0.15, 0.2) is 10.9 Å². The number of thiazole rings is 1. The van der Waals surface area contributed by atoms with E-state index in [1.165, 1.54) is 11.3 Å². The second-order valence-electron chi connectivity index (χ2n) is 17.4. The van der Waals surface area contributed by atoms with Crippen LogP contribution in [0.5, 0.6) is 5.75 Å². The summed E-state index contributed by atoms with van der Waals surface area (Å²) < 4.78 is 12.8. The molecule has 2 amide bonds. The molecule has 0 radical (unpaired) electrons. The van der Waals surface area contributed by atoms with E-state index in [4.69, 9.17) is 19.4 Å². The maximum atomic E-state index is 14.9. The first-order valence-corrected chi connectivity index (χ1v) is 21.4. The van der Waals surface area contributed by atoms with Gasteiger partial charge in [0.1, 0.15) is 35.5 Å². The van der Waals surface area contributed by atoms with Crippen LogP contribution >= 0.6 is 11.3 Å². The molecule has 4 aliphatic rings. The summed E-state index contributed by atoms with van der Waals surface area (Å²) in [5, 5.41) is 9.88. The summed E-state index contributed by atoms with van der Waals surface area (Å²) in [7, 11) is 0. The molecule has 2 N–H and O–H groups in total. The number of aromatic nitrogens is 2. The Kier molecular flexibility index (Phi) is 11.6. The number of benzene rings is 1. The second kappa shape index (κ2) is 16.3. The standard InChI is InChI=1S/C44H57N5O6S/c1-26(2)45-41-47-35(25-56-41)34-21-37(31-19-18-27(3)20-33(31)46-34)55-38-24-49-39(43(38,5)6)36(51)23-44(28(4)50)22-29(44)14-10-8-7-9-11-17-32(40(49)52)48-42(53)54-30-15-12-13-16-30/h10,14,18-21,25-26,29-30,32,38-39H,7-9,11-13,15-17,22-24H2,1-6H3,(H,45,47)(H,48,53)/b14-10-/t29-,32+,38+,39-,44+/m1/s1. The van der Waals surface area contributed by atoms with Crippen LogP contribution in [-0.4, -0.2) is 75.3 Å². The SMILES string of the molecule is CC(=O)[C@]12CC(=O)[C@H]3N(C[C@H](Oc4cc(-c5csc(NC(C)C)n5)nc5cc(C)ccc45)C3(C)C)C(=O)[C@@H](NC(=O)OC3CCCC3)CCCCC/C=C\[C@@H]1C2. The highest BCUT2D eigenvalue weighted by Gasteiger charge is 2.61. The van der Waals surface area contributed by atoms with Gasteiger partial charge in [-0.3, -0.25) is 14.4 Å². The molecule has 0 unspecified atom stereocenters. The number of carbonyl (C=O) groups excluding carboxylic acids is 4. The third kappa shape index (κ3) is 8.36. The molecule has 3 aromatic rings. The van der Waals surface area contributed by atoms with Crippen molar-refractivity contribution in [3.8, 4) is 17.1 Å². The van der Waals surface area contributed by atoms with Gasteiger partial charge < -0.3 is 25.0 Å². The molecular formula is C44H57N5O6S. The minimum Gasteiger partial charge on any atom is -0.487 e. The number of fused-ring (bicyclic) bond motifs is 3. The summed E-state index contributed by atoms with van der Waals surface area (Å²) in [5.41, 5.74) is 1.53. The summed E-state index contributed by atoms with van der Waals surface area (Å²) in [4.78, 5) is 67.6. The molecule has 0 bridgehead atoms. The first kappa shape index (κ1) is 39.9. The lowest BCUT2D eigenvalue weighted by Gasteiger charge is -2.35. The Morgan fingerprint density at radius 2 is 1.77 bits per heavy atom. The number of aryl methyl sites for hydroxylation is 1. The Labute approximate surface area is 334 Å². The van der Waals surface area contributed by atoms with E-state index in [9.17, 15) is 19.2 Å². The Balaban J connectivity index is 1.25. The lowest BCUT2D eigenvalue weighted by Crippen LogP contribution is -2.54. The van der Waals surface area contributed by atoms with E-state index in [2.05, 4.69) is 36.6 Å². The number of ketones is 2. The van der Waals surface area contributed by atoms with Crippen LogP contribution in [0, 0.1) is 23.7 Å². The van der Waals surface area contributed by atoms with E-state index in [1.54, 1.807) is 11.8 Å². The third-order valence-corrected chi connectivity index (χ3v) is 13.2. The molecule has 1 aromatic carbocycles. The lowest BCUT2D eigenvalue weighted by atomic mass is 9.77. The molecule has 2 aromatic heterocycles. The molecule has 11 nitrogen and oxygen atoms in total. The minimum absolute atomic E-state index is 0.000340. The molecule has 7 rings (SSSR count). The van der Waals surface area contributed by atoms with E-state index in [0.717, 1.165) is 78.7 Å². The van der Waals surface area contributed by atoms with Gasteiger partial charge in [-0.15, -0.1) is 11.3 Å². The maximum Gasteiger partial charge on any atom is 0.408 e. The van der Waals surface area contributed by atoms with Crippen molar-refractivity contribution in [1.82, 2.24) is 20.2 Å². The summed E-state index contributed by atoms with van der Waals surface area (Å²) in [6, 6.07) is 6.39. The molecule has 300 valence electrons. The van der Waals surface area contributed by atoms with Crippen LogP contribution in [-0.2, 0) is 19.1 Å².